The van der Waals surface area contributed by atoms with Gasteiger partial charge >= 0.3 is 11.9 Å². The van der Waals surface area contributed by atoms with Crippen LogP contribution in [0.5, 0.6) is 5.75 Å². The molecule has 0 saturated heterocycles. The van der Waals surface area contributed by atoms with Crippen LogP contribution >= 0.6 is 0 Å². The largest absolute Gasteiger partial charge is 0.465 e. The molecule has 2 heterocycles. The highest BCUT2D eigenvalue weighted by Crippen LogP contribution is 2.65. The third kappa shape index (κ3) is 1.90. The van der Waals surface area contributed by atoms with Crippen molar-refractivity contribution in [1.29, 1.82) is 0 Å². The number of fused-ring (bicyclic) bond motifs is 3. The van der Waals surface area contributed by atoms with Crippen molar-refractivity contribution >= 4 is 11.9 Å². The fourth-order valence-electron chi connectivity index (χ4n) is 3.91. The van der Waals surface area contributed by atoms with Gasteiger partial charge in [-0.3, -0.25) is 14.6 Å². The standard InChI is InChI=1S/C19H17NO4/c1-2-23-17(21)19-11-13(14-8-5-6-10-20-14)16(19)12-7-3-4-9-15(12)24-18(19)22/h3-10,13,16H,2,11H2,1H3/t13?,16-,19+/m0/s1. The molecule has 0 bridgehead atoms. The van der Waals surface area contributed by atoms with Crippen LogP contribution < -0.4 is 4.74 Å². The Balaban J connectivity index is 1.83. The normalized spacial score (nSPS) is 27.3. The van der Waals surface area contributed by atoms with Crippen molar-refractivity contribution in [3.05, 3.63) is 59.9 Å². The maximum Gasteiger partial charge on any atom is 0.329 e. The number of aromatic nitrogens is 1. The number of para-hydroxylation sites is 1. The van der Waals surface area contributed by atoms with E-state index in [2.05, 4.69) is 4.98 Å². The van der Waals surface area contributed by atoms with Crippen molar-refractivity contribution in [3.63, 3.8) is 0 Å². The molecule has 2 aromatic rings. The summed E-state index contributed by atoms with van der Waals surface area (Å²) in [6, 6.07) is 13.1. The lowest BCUT2D eigenvalue weighted by Gasteiger charge is -2.53. The number of carbonyl (C=O) groups is 2. The molecule has 122 valence electrons. The Hall–Kier alpha value is -2.69. The van der Waals surface area contributed by atoms with E-state index >= 15 is 0 Å². The molecule has 0 spiro atoms. The number of carbonyl (C=O) groups excluding carboxylic acids is 2. The number of hydrogen-bond acceptors (Lipinski definition) is 5. The Labute approximate surface area is 139 Å². The Morgan fingerprint density at radius 2 is 2.08 bits per heavy atom. The number of hydrogen-bond donors (Lipinski definition) is 0. The summed E-state index contributed by atoms with van der Waals surface area (Å²) in [7, 11) is 0. The summed E-state index contributed by atoms with van der Waals surface area (Å²) in [6.07, 6.45) is 2.09. The lowest BCUT2D eigenvalue weighted by Crippen LogP contribution is -2.59. The highest BCUT2D eigenvalue weighted by atomic mass is 16.6. The first-order chi connectivity index (χ1) is 11.7. The third-order valence-corrected chi connectivity index (χ3v) is 5.00. The molecule has 1 aromatic carbocycles. The van der Waals surface area contributed by atoms with E-state index in [9.17, 15) is 9.59 Å². The van der Waals surface area contributed by atoms with Crippen LogP contribution in [0.3, 0.4) is 0 Å². The molecule has 2 aliphatic rings. The average Bonchev–Trinajstić information content (AvgIpc) is 2.56. The zero-order valence-corrected chi connectivity index (χ0v) is 13.3. The molecule has 0 amide bonds. The van der Waals surface area contributed by atoms with Gasteiger partial charge in [-0.1, -0.05) is 24.3 Å². The van der Waals surface area contributed by atoms with Crippen LogP contribution in [0.15, 0.2) is 48.7 Å². The summed E-state index contributed by atoms with van der Waals surface area (Å²) in [5.74, 6) is -0.805. The second-order valence-electron chi connectivity index (χ2n) is 6.16. The summed E-state index contributed by atoms with van der Waals surface area (Å²) >= 11 is 0. The van der Waals surface area contributed by atoms with E-state index in [-0.39, 0.29) is 18.4 Å². The van der Waals surface area contributed by atoms with Crippen LogP contribution in [0, 0.1) is 5.41 Å². The van der Waals surface area contributed by atoms with Crippen molar-refractivity contribution in [2.24, 2.45) is 5.41 Å². The van der Waals surface area contributed by atoms with E-state index in [1.165, 1.54) is 0 Å². The summed E-state index contributed by atoms with van der Waals surface area (Å²) < 4.78 is 10.7. The first-order valence-electron chi connectivity index (χ1n) is 8.08. The number of esters is 2. The maximum absolute atomic E-state index is 12.7. The van der Waals surface area contributed by atoms with Gasteiger partial charge in [-0.25, -0.2) is 0 Å². The first kappa shape index (κ1) is 14.9. The van der Waals surface area contributed by atoms with Gasteiger partial charge in [0.1, 0.15) is 5.75 Å². The van der Waals surface area contributed by atoms with Crippen LogP contribution in [-0.4, -0.2) is 23.5 Å². The fraction of sp³-hybridized carbons (Fsp3) is 0.316. The summed E-state index contributed by atoms with van der Waals surface area (Å²) in [5, 5.41) is 0. The summed E-state index contributed by atoms with van der Waals surface area (Å²) in [4.78, 5) is 29.7. The molecule has 3 atom stereocenters. The molecule has 1 saturated carbocycles. The van der Waals surface area contributed by atoms with Crippen LogP contribution in [0.1, 0.15) is 36.4 Å². The topological polar surface area (TPSA) is 65.5 Å². The molecule has 1 fully saturated rings. The van der Waals surface area contributed by atoms with Gasteiger partial charge in [-0.05, 0) is 31.5 Å². The molecule has 1 unspecified atom stereocenters. The second-order valence-corrected chi connectivity index (χ2v) is 6.16. The second kappa shape index (κ2) is 5.44. The molecule has 4 rings (SSSR count). The molecule has 1 aromatic heterocycles. The summed E-state index contributed by atoms with van der Waals surface area (Å²) in [6.45, 7) is 1.97. The minimum absolute atomic E-state index is 0.00962. The Morgan fingerprint density at radius 1 is 1.29 bits per heavy atom. The van der Waals surface area contributed by atoms with Gasteiger partial charge < -0.3 is 9.47 Å². The molecular formula is C19H17NO4. The number of pyridine rings is 1. The van der Waals surface area contributed by atoms with Crippen molar-refractivity contribution in [3.8, 4) is 5.75 Å². The molecule has 1 aliphatic carbocycles. The number of benzene rings is 1. The molecule has 5 nitrogen and oxygen atoms in total. The van der Waals surface area contributed by atoms with Crippen LogP contribution in [0.25, 0.3) is 0 Å². The number of rotatable bonds is 3. The van der Waals surface area contributed by atoms with Crippen LogP contribution in [0.2, 0.25) is 0 Å². The molecule has 0 N–H and O–H groups in total. The quantitative estimate of drug-likeness (QED) is 0.494. The van der Waals surface area contributed by atoms with Gasteiger partial charge in [-0.15, -0.1) is 0 Å². The summed E-state index contributed by atoms with van der Waals surface area (Å²) in [5.41, 5.74) is 0.492. The van der Waals surface area contributed by atoms with Gasteiger partial charge in [0.2, 0.25) is 0 Å². The lowest BCUT2D eigenvalue weighted by atomic mass is 9.49. The van der Waals surface area contributed by atoms with E-state index in [1.54, 1.807) is 19.2 Å². The van der Waals surface area contributed by atoms with E-state index in [4.69, 9.17) is 9.47 Å². The minimum atomic E-state index is -1.26. The molecule has 24 heavy (non-hydrogen) atoms. The predicted octanol–water partition coefficient (Wildman–Crippen LogP) is 2.82. The first-order valence-corrected chi connectivity index (χ1v) is 8.08. The van der Waals surface area contributed by atoms with Crippen molar-refractivity contribution in [2.75, 3.05) is 6.61 Å². The molecule has 0 radical (unpaired) electrons. The van der Waals surface area contributed by atoms with Gasteiger partial charge in [0.25, 0.3) is 0 Å². The van der Waals surface area contributed by atoms with E-state index in [0.29, 0.717) is 12.2 Å². The van der Waals surface area contributed by atoms with Crippen molar-refractivity contribution in [2.45, 2.75) is 25.2 Å². The highest BCUT2D eigenvalue weighted by Gasteiger charge is 2.69. The molecule has 5 heteroatoms. The Bertz CT molecular complexity index is 804. The highest BCUT2D eigenvalue weighted by molar-refractivity contribution is 6.05. The zero-order valence-electron chi connectivity index (χ0n) is 13.3. The van der Waals surface area contributed by atoms with Crippen LogP contribution in [-0.2, 0) is 14.3 Å². The van der Waals surface area contributed by atoms with Gasteiger partial charge in [0, 0.05) is 29.3 Å². The SMILES string of the molecule is CCOC(=O)[C@@]12CC(c3ccccn3)[C@@H]1c1ccccc1OC2=O. The average molecular weight is 323 g/mol. The van der Waals surface area contributed by atoms with E-state index < -0.39 is 17.4 Å². The minimum Gasteiger partial charge on any atom is -0.465 e. The Kier molecular flexibility index (Phi) is 3.37. The Morgan fingerprint density at radius 3 is 2.83 bits per heavy atom. The lowest BCUT2D eigenvalue weighted by molar-refractivity contribution is -0.180. The van der Waals surface area contributed by atoms with Gasteiger partial charge in [0.15, 0.2) is 5.41 Å². The number of nitrogens with zero attached hydrogens (tertiary/aromatic N) is 1. The monoisotopic (exact) mass is 323 g/mol. The smallest absolute Gasteiger partial charge is 0.329 e. The van der Waals surface area contributed by atoms with Crippen LogP contribution in [0.4, 0.5) is 0 Å². The van der Waals surface area contributed by atoms with Gasteiger partial charge in [-0.2, -0.15) is 0 Å². The molecule has 1 aliphatic heterocycles. The van der Waals surface area contributed by atoms with E-state index in [0.717, 1.165) is 11.3 Å². The maximum atomic E-state index is 12.7. The zero-order chi connectivity index (χ0) is 16.7. The third-order valence-electron chi connectivity index (χ3n) is 5.00. The fourth-order valence-corrected chi connectivity index (χ4v) is 3.91. The van der Waals surface area contributed by atoms with Gasteiger partial charge in [0.05, 0.1) is 6.61 Å². The van der Waals surface area contributed by atoms with Crippen molar-refractivity contribution in [1.82, 2.24) is 4.98 Å². The van der Waals surface area contributed by atoms with E-state index in [1.807, 2.05) is 36.4 Å². The predicted molar refractivity (Wildman–Crippen MR) is 85.5 cm³/mol. The van der Waals surface area contributed by atoms with Crippen molar-refractivity contribution < 1.29 is 19.1 Å². The number of ether oxygens (including phenoxy) is 2. The molecular weight excluding hydrogens is 306 g/mol.